The Morgan fingerprint density at radius 2 is 2.05 bits per heavy atom. The molecule has 1 aromatic rings. The minimum Gasteiger partial charge on any atom is -0.481 e. The zero-order valence-corrected chi connectivity index (χ0v) is 11.9. The maximum Gasteiger partial charge on any atom is 0.303 e. The summed E-state index contributed by atoms with van der Waals surface area (Å²) in [5, 5.41) is 15.6. The highest BCUT2D eigenvalue weighted by atomic mass is 16.4. The molecule has 6 nitrogen and oxygen atoms in total. The van der Waals surface area contributed by atoms with Gasteiger partial charge in [0.25, 0.3) is 5.91 Å². The Labute approximate surface area is 112 Å². The summed E-state index contributed by atoms with van der Waals surface area (Å²) in [5.41, 5.74) is 1.07. The van der Waals surface area contributed by atoms with Crippen molar-refractivity contribution in [3.63, 3.8) is 0 Å². The van der Waals surface area contributed by atoms with Gasteiger partial charge in [-0.3, -0.25) is 14.3 Å². The average Bonchev–Trinajstić information content (AvgIpc) is 2.66. The number of aromatic nitrogens is 2. The highest BCUT2D eigenvalue weighted by molar-refractivity contribution is 5.95. The molecule has 0 radical (unpaired) electrons. The fourth-order valence-electron chi connectivity index (χ4n) is 1.75. The maximum atomic E-state index is 12.1. The van der Waals surface area contributed by atoms with Gasteiger partial charge in [0.1, 0.15) is 0 Å². The van der Waals surface area contributed by atoms with E-state index >= 15 is 0 Å². The summed E-state index contributed by atoms with van der Waals surface area (Å²) in [6, 6.07) is 0. The van der Waals surface area contributed by atoms with Crippen LogP contribution in [0.5, 0.6) is 0 Å². The fraction of sp³-hybridized carbons (Fsp3) is 0.615. The minimum atomic E-state index is -0.856. The van der Waals surface area contributed by atoms with E-state index in [4.69, 9.17) is 5.11 Å². The van der Waals surface area contributed by atoms with Gasteiger partial charge in [0, 0.05) is 31.6 Å². The number of hydrogen-bond donors (Lipinski definition) is 2. The number of aliphatic carboxylic acids is 1. The molecule has 0 aromatic carbocycles. The molecule has 0 spiro atoms. The smallest absolute Gasteiger partial charge is 0.303 e. The maximum absolute atomic E-state index is 12.1. The second kappa shape index (κ2) is 5.86. The van der Waals surface area contributed by atoms with Crippen molar-refractivity contribution in [2.24, 2.45) is 7.05 Å². The van der Waals surface area contributed by atoms with Gasteiger partial charge in [0.2, 0.25) is 0 Å². The monoisotopic (exact) mass is 267 g/mol. The van der Waals surface area contributed by atoms with E-state index in [2.05, 4.69) is 10.4 Å². The Bertz CT molecular complexity index is 472. The molecule has 0 bridgehead atoms. The van der Waals surface area contributed by atoms with Crippen LogP contribution in [-0.2, 0) is 17.3 Å². The molecule has 1 rings (SSSR count). The lowest BCUT2D eigenvalue weighted by Gasteiger charge is -2.17. The molecular formula is C13H21N3O3. The van der Waals surface area contributed by atoms with Gasteiger partial charge in [0.15, 0.2) is 0 Å². The Morgan fingerprint density at radius 1 is 1.42 bits per heavy atom. The highest BCUT2D eigenvalue weighted by Crippen LogP contribution is 2.23. The summed E-state index contributed by atoms with van der Waals surface area (Å²) in [6.07, 6.45) is 2.17. The van der Waals surface area contributed by atoms with E-state index in [1.54, 1.807) is 17.9 Å². The summed E-state index contributed by atoms with van der Waals surface area (Å²) in [5.74, 6) is -1.06. The lowest BCUT2D eigenvalue weighted by Crippen LogP contribution is -2.27. The van der Waals surface area contributed by atoms with Gasteiger partial charge in [-0.05, 0) is 6.42 Å². The molecule has 106 valence electrons. The Kier molecular flexibility index (Phi) is 4.69. The zero-order valence-electron chi connectivity index (χ0n) is 11.9. The first-order valence-electron chi connectivity index (χ1n) is 6.26. The van der Waals surface area contributed by atoms with Crippen molar-refractivity contribution in [1.29, 1.82) is 0 Å². The number of aryl methyl sites for hydroxylation is 1. The van der Waals surface area contributed by atoms with Crippen LogP contribution in [0.4, 0.5) is 0 Å². The molecule has 0 unspecified atom stereocenters. The number of hydrogen-bond acceptors (Lipinski definition) is 3. The van der Waals surface area contributed by atoms with Gasteiger partial charge in [-0.2, -0.15) is 5.10 Å². The lowest BCUT2D eigenvalue weighted by molar-refractivity contribution is -0.137. The number of rotatable bonds is 5. The number of carbonyl (C=O) groups is 2. The van der Waals surface area contributed by atoms with E-state index in [1.165, 1.54) is 0 Å². The van der Waals surface area contributed by atoms with Crippen LogP contribution in [0.2, 0.25) is 0 Å². The van der Waals surface area contributed by atoms with Crippen LogP contribution < -0.4 is 5.32 Å². The van der Waals surface area contributed by atoms with E-state index in [-0.39, 0.29) is 17.7 Å². The Morgan fingerprint density at radius 3 is 2.58 bits per heavy atom. The molecule has 0 aliphatic heterocycles. The molecule has 1 amide bonds. The summed E-state index contributed by atoms with van der Waals surface area (Å²) in [7, 11) is 1.77. The molecule has 0 saturated heterocycles. The van der Waals surface area contributed by atoms with Crippen LogP contribution in [0.15, 0.2) is 6.20 Å². The van der Waals surface area contributed by atoms with Gasteiger partial charge in [-0.1, -0.05) is 20.8 Å². The Balaban J connectivity index is 2.69. The normalized spacial score (nSPS) is 11.4. The predicted octanol–water partition coefficient (Wildman–Crippen LogP) is 1.31. The first kappa shape index (κ1) is 15.2. The van der Waals surface area contributed by atoms with Gasteiger partial charge in [0.05, 0.1) is 11.3 Å². The van der Waals surface area contributed by atoms with E-state index in [0.717, 1.165) is 5.69 Å². The van der Waals surface area contributed by atoms with E-state index < -0.39 is 5.97 Å². The van der Waals surface area contributed by atoms with E-state index in [1.807, 2.05) is 20.8 Å². The van der Waals surface area contributed by atoms with Crippen molar-refractivity contribution in [2.45, 2.75) is 39.0 Å². The molecule has 0 aliphatic carbocycles. The molecule has 0 fully saturated rings. The van der Waals surface area contributed by atoms with Crippen molar-refractivity contribution >= 4 is 11.9 Å². The minimum absolute atomic E-state index is 0.0550. The predicted molar refractivity (Wildman–Crippen MR) is 71.1 cm³/mol. The van der Waals surface area contributed by atoms with Crippen molar-refractivity contribution in [3.8, 4) is 0 Å². The second-order valence-electron chi connectivity index (χ2n) is 5.57. The molecular weight excluding hydrogens is 246 g/mol. The summed E-state index contributed by atoms with van der Waals surface area (Å²) < 4.78 is 1.62. The number of carbonyl (C=O) groups excluding carboxylic acids is 1. The van der Waals surface area contributed by atoms with Crippen molar-refractivity contribution < 1.29 is 14.7 Å². The molecule has 0 atom stereocenters. The molecule has 1 heterocycles. The molecule has 6 heteroatoms. The fourth-order valence-corrected chi connectivity index (χ4v) is 1.75. The first-order valence-corrected chi connectivity index (χ1v) is 6.26. The zero-order chi connectivity index (χ0) is 14.6. The number of amides is 1. The topological polar surface area (TPSA) is 84.2 Å². The van der Waals surface area contributed by atoms with Gasteiger partial charge >= 0.3 is 5.97 Å². The molecule has 0 saturated carbocycles. The number of nitrogens with zero attached hydrogens (tertiary/aromatic N) is 2. The third-order valence-corrected chi connectivity index (χ3v) is 2.64. The summed E-state index contributed by atoms with van der Waals surface area (Å²) in [6.45, 7) is 6.34. The molecule has 19 heavy (non-hydrogen) atoms. The molecule has 2 N–H and O–H groups in total. The van der Waals surface area contributed by atoms with Gasteiger partial charge in [-0.15, -0.1) is 0 Å². The Hall–Kier alpha value is -1.85. The molecule has 1 aromatic heterocycles. The van der Waals surface area contributed by atoms with Crippen LogP contribution in [0.25, 0.3) is 0 Å². The largest absolute Gasteiger partial charge is 0.481 e. The van der Waals surface area contributed by atoms with Gasteiger partial charge in [-0.25, -0.2) is 0 Å². The van der Waals surface area contributed by atoms with Crippen molar-refractivity contribution in [2.75, 3.05) is 6.54 Å². The summed E-state index contributed by atoms with van der Waals surface area (Å²) in [4.78, 5) is 22.4. The number of carboxylic acids is 1. The third-order valence-electron chi connectivity index (χ3n) is 2.64. The van der Waals surface area contributed by atoms with Crippen LogP contribution >= 0.6 is 0 Å². The SMILES string of the molecule is Cn1cc(C(=O)NCCCC(=O)O)c(C(C)(C)C)n1. The quantitative estimate of drug-likeness (QED) is 0.788. The summed E-state index contributed by atoms with van der Waals surface area (Å²) >= 11 is 0. The van der Waals surface area contributed by atoms with Crippen molar-refractivity contribution in [1.82, 2.24) is 15.1 Å². The van der Waals surface area contributed by atoms with Crippen molar-refractivity contribution in [3.05, 3.63) is 17.5 Å². The average molecular weight is 267 g/mol. The number of nitrogens with one attached hydrogen (secondary N) is 1. The third kappa shape index (κ3) is 4.39. The standard InChI is InChI=1S/C13H21N3O3/c1-13(2,3)11-9(8-16(4)15-11)12(19)14-7-5-6-10(17)18/h8H,5-7H2,1-4H3,(H,14,19)(H,17,18). The highest BCUT2D eigenvalue weighted by Gasteiger charge is 2.25. The van der Waals surface area contributed by atoms with Crippen LogP contribution in [0.1, 0.15) is 49.7 Å². The molecule has 0 aliphatic rings. The van der Waals surface area contributed by atoms with Crippen LogP contribution in [0.3, 0.4) is 0 Å². The van der Waals surface area contributed by atoms with E-state index in [0.29, 0.717) is 18.5 Å². The first-order chi connectivity index (χ1) is 8.71. The van der Waals surface area contributed by atoms with Crippen LogP contribution in [-0.4, -0.2) is 33.3 Å². The van der Waals surface area contributed by atoms with E-state index in [9.17, 15) is 9.59 Å². The lowest BCUT2D eigenvalue weighted by atomic mass is 9.89. The van der Waals surface area contributed by atoms with Gasteiger partial charge < -0.3 is 10.4 Å². The number of carboxylic acid groups (broad SMARTS) is 1. The van der Waals surface area contributed by atoms with Crippen LogP contribution in [0, 0.1) is 0 Å². The second-order valence-corrected chi connectivity index (χ2v) is 5.57.